The number of rotatable bonds is 6. The molecule has 1 aromatic heterocycles. The first-order valence-electron chi connectivity index (χ1n) is 9.72. The molecular weight excluding hydrogens is 376 g/mol. The Morgan fingerprint density at radius 3 is 2.53 bits per heavy atom. The molecule has 30 heavy (non-hydrogen) atoms. The van der Waals surface area contributed by atoms with Gasteiger partial charge in [-0.2, -0.15) is 0 Å². The van der Waals surface area contributed by atoms with Crippen molar-refractivity contribution in [2.24, 2.45) is 0 Å². The normalized spacial score (nSPS) is 11.8. The Morgan fingerprint density at radius 1 is 1.00 bits per heavy atom. The number of fused-ring (bicyclic) bond motifs is 1. The molecule has 3 aromatic carbocycles. The van der Waals surface area contributed by atoms with Crippen molar-refractivity contribution in [3.05, 3.63) is 102 Å². The van der Waals surface area contributed by atoms with E-state index < -0.39 is 6.04 Å². The van der Waals surface area contributed by atoms with Gasteiger partial charge < -0.3 is 15.2 Å². The van der Waals surface area contributed by atoms with Crippen molar-refractivity contribution in [3.8, 4) is 11.5 Å². The van der Waals surface area contributed by atoms with Gasteiger partial charge in [0.2, 0.25) is 0 Å². The number of amides is 1. The van der Waals surface area contributed by atoms with Gasteiger partial charge in [-0.05, 0) is 30.7 Å². The second-order valence-corrected chi connectivity index (χ2v) is 7.09. The highest BCUT2D eigenvalue weighted by atomic mass is 16.5. The minimum Gasteiger partial charge on any atom is -0.505 e. The maximum atomic E-state index is 12.7. The number of pyridine rings is 1. The number of hydrogen-bond acceptors (Lipinski definition) is 4. The first kappa shape index (κ1) is 19.5. The van der Waals surface area contributed by atoms with E-state index in [0.29, 0.717) is 16.8 Å². The van der Waals surface area contributed by atoms with Gasteiger partial charge in [-0.3, -0.25) is 9.78 Å². The van der Waals surface area contributed by atoms with Crippen molar-refractivity contribution in [1.82, 2.24) is 10.3 Å². The van der Waals surface area contributed by atoms with E-state index in [2.05, 4.69) is 10.3 Å². The lowest BCUT2D eigenvalue weighted by Gasteiger charge is -2.22. The van der Waals surface area contributed by atoms with E-state index in [4.69, 9.17) is 4.74 Å². The van der Waals surface area contributed by atoms with Crippen LogP contribution in [-0.2, 0) is 4.79 Å². The van der Waals surface area contributed by atoms with Crippen molar-refractivity contribution < 1.29 is 14.6 Å². The number of phenolic OH excluding ortho intramolecular Hbond substituents is 1. The van der Waals surface area contributed by atoms with Crippen LogP contribution in [0.15, 0.2) is 85.1 Å². The van der Waals surface area contributed by atoms with Gasteiger partial charge in [-0.1, -0.05) is 66.2 Å². The van der Waals surface area contributed by atoms with Crippen LogP contribution in [0.25, 0.3) is 10.9 Å². The Balaban J connectivity index is 1.64. The summed E-state index contributed by atoms with van der Waals surface area (Å²) in [6.07, 6.45) is 1.64. The summed E-state index contributed by atoms with van der Waals surface area (Å²) in [5.74, 6) is 0.394. The van der Waals surface area contributed by atoms with E-state index >= 15 is 0 Å². The predicted octanol–water partition coefficient (Wildman–Crippen LogP) is 4.53. The van der Waals surface area contributed by atoms with Crippen molar-refractivity contribution in [1.29, 1.82) is 0 Å². The van der Waals surface area contributed by atoms with Crippen LogP contribution in [0, 0.1) is 6.92 Å². The summed E-state index contributed by atoms with van der Waals surface area (Å²) in [5, 5.41) is 14.7. The van der Waals surface area contributed by atoms with Gasteiger partial charge >= 0.3 is 0 Å². The number of aromatic nitrogens is 1. The van der Waals surface area contributed by atoms with Crippen LogP contribution in [-0.4, -0.2) is 22.6 Å². The van der Waals surface area contributed by atoms with Gasteiger partial charge in [-0.25, -0.2) is 0 Å². The monoisotopic (exact) mass is 398 g/mol. The molecule has 5 heteroatoms. The molecule has 1 atom stereocenters. The van der Waals surface area contributed by atoms with Gasteiger partial charge in [0.25, 0.3) is 5.91 Å². The van der Waals surface area contributed by atoms with Crippen LogP contribution < -0.4 is 10.1 Å². The SMILES string of the molecule is Cc1ccc(C(NC(=O)COc2ccccc2)c2ccc3cccnc3c2O)cc1. The number of aromatic hydroxyl groups is 1. The number of benzene rings is 3. The largest absolute Gasteiger partial charge is 0.505 e. The molecule has 5 nitrogen and oxygen atoms in total. The molecule has 1 amide bonds. The smallest absolute Gasteiger partial charge is 0.258 e. The highest BCUT2D eigenvalue weighted by molar-refractivity contribution is 5.86. The number of carbonyl (C=O) groups excluding carboxylic acids is 1. The molecule has 0 radical (unpaired) electrons. The summed E-state index contributed by atoms with van der Waals surface area (Å²) < 4.78 is 5.57. The second-order valence-electron chi connectivity index (χ2n) is 7.09. The number of hydrogen-bond donors (Lipinski definition) is 2. The Kier molecular flexibility index (Phi) is 5.61. The van der Waals surface area contributed by atoms with Gasteiger partial charge in [0, 0.05) is 17.1 Å². The zero-order chi connectivity index (χ0) is 20.9. The molecule has 0 aliphatic carbocycles. The molecule has 150 valence electrons. The van der Waals surface area contributed by atoms with Gasteiger partial charge in [-0.15, -0.1) is 0 Å². The molecule has 4 aromatic rings. The number of aryl methyl sites for hydroxylation is 1. The summed E-state index contributed by atoms with van der Waals surface area (Å²) >= 11 is 0. The minimum absolute atomic E-state index is 0.0583. The molecule has 0 spiro atoms. The van der Waals surface area contributed by atoms with Crippen LogP contribution in [0.1, 0.15) is 22.7 Å². The van der Waals surface area contributed by atoms with E-state index in [9.17, 15) is 9.90 Å². The number of phenols is 1. The average molecular weight is 398 g/mol. The molecule has 0 fully saturated rings. The lowest BCUT2D eigenvalue weighted by molar-refractivity contribution is -0.123. The maximum absolute atomic E-state index is 12.7. The summed E-state index contributed by atoms with van der Waals surface area (Å²) in [7, 11) is 0. The van der Waals surface area contributed by atoms with Crippen molar-refractivity contribution in [3.63, 3.8) is 0 Å². The fraction of sp³-hybridized carbons (Fsp3) is 0.120. The van der Waals surface area contributed by atoms with Crippen LogP contribution in [0.3, 0.4) is 0 Å². The topological polar surface area (TPSA) is 71.5 Å². The maximum Gasteiger partial charge on any atom is 0.258 e. The first-order valence-corrected chi connectivity index (χ1v) is 9.72. The number of ether oxygens (including phenoxy) is 1. The van der Waals surface area contributed by atoms with Crippen molar-refractivity contribution >= 4 is 16.8 Å². The Bertz CT molecular complexity index is 1160. The lowest BCUT2D eigenvalue weighted by atomic mass is 9.95. The van der Waals surface area contributed by atoms with Crippen molar-refractivity contribution in [2.45, 2.75) is 13.0 Å². The molecule has 0 bridgehead atoms. The number of para-hydroxylation sites is 1. The van der Waals surface area contributed by atoms with Gasteiger partial charge in [0.05, 0.1) is 6.04 Å². The second kappa shape index (κ2) is 8.66. The first-order chi connectivity index (χ1) is 14.6. The van der Waals surface area contributed by atoms with E-state index in [0.717, 1.165) is 16.5 Å². The van der Waals surface area contributed by atoms with E-state index in [1.54, 1.807) is 18.3 Å². The van der Waals surface area contributed by atoms with E-state index in [1.807, 2.05) is 73.7 Å². The van der Waals surface area contributed by atoms with Gasteiger partial charge in [0.1, 0.15) is 17.0 Å². The highest BCUT2D eigenvalue weighted by Crippen LogP contribution is 2.34. The number of carbonyl (C=O) groups is 1. The van der Waals surface area contributed by atoms with E-state index in [-0.39, 0.29) is 18.3 Å². The minimum atomic E-state index is -0.538. The summed E-state index contributed by atoms with van der Waals surface area (Å²) in [6.45, 7) is 1.88. The highest BCUT2D eigenvalue weighted by Gasteiger charge is 2.22. The zero-order valence-electron chi connectivity index (χ0n) is 16.6. The Labute approximate surface area is 175 Å². The fourth-order valence-corrected chi connectivity index (χ4v) is 3.35. The number of nitrogens with one attached hydrogen (secondary N) is 1. The molecule has 4 rings (SSSR count). The zero-order valence-corrected chi connectivity index (χ0v) is 16.6. The van der Waals surface area contributed by atoms with Crippen LogP contribution in [0.5, 0.6) is 11.5 Å². The molecule has 2 N–H and O–H groups in total. The standard InChI is InChI=1S/C25H22N2O3/c1-17-9-11-19(12-10-17)23(27-22(28)16-30-20-7-3-2-4-8-20)21-14-13-18-6-5-15-26-24(18)25(21)29/h2-15,23,29H,16H2,1H3,(H,27,28). The fourth-order valence-electron chi connectivity index (χ4n) is 3.35. The lowest BCUT2D eigenvalue weighted by Crippen LogP contribution is -2.33. The van der Waals surface area contributed by atoms with Crippen molar-refractivity contribution in [2.75, 3.05) is 6.61 Å². The Hall–Kier alpha value is -3.86. The third-order valence-corrected chi connectivity index (χ3v) is 4.92. The van der Waals surface area contributed by atoms with E-state index in [1.165, 1.54) is 0 Å². The third-order valence-electron chi connectivity index (χ3n) is 4.92. The molecule has 0 saturated carbocycles. The third kappa shape index (κ3) is 4.25. The summed E-state index contributed by atoms with van der Waals surface area (Å²) in [5.41, 5.74) is 3.06. The molecule has 0 aliphatic rings. The predicted molar refractivity (Wildman–Crippen MR) is 117 cm³/mol. The Morgan fingerprint density at radius 2 is 1.77 bits per heavy atom. The molecular formula is C25H22N2O3. The molecule has 0 aliphatic heterocycles. The van der Waals surface area contributed by atoms with Crippen LogP contribution in [0.2, 0.25) is 0 Å². The van der Waals surface area contributed by atoms with Crippen LogP contribution in [0.4, 0.5) is 0 Å². The quantitative estimate of drug-likeness (QED) is 0.500. The summed E-state index contributed by atoms with van der Waals surface area (Å²) in [4.78, 5) is 17.0. The molecule has 1 heterocycles. The molecule has 1 unspecified atom stereocenters. The summed E-state index contributed by atoms with van der Waals surface area (Å²) in [6, 6.07) is 23.9. The molecule has 0 saturated heterocycles. The number of nitrogens with zero attached hydrogens (tertiary/aromatic N) is 1. The van der Waals surface area contributed by atoms with Crippen LogP contribution >= 0.6 is 0 Å². The van der Waals surface area contributed by atoms with Gasteiger partial charge in [0.15, 0.2) is 6.61 Å². The average Bonchev–Trinajstić information content (AvgIpc) is 2.78.